The van der Waals surface area contributed by atoms with Crippen molar-refractivity contribution in [3.05, 3.63) is 0 Å². The van der Waals surface area contributed by atoms with E-state index in [0.29, 0.717) is 6.42 Å². The molecule has 0 amide bonds. The van der Waals surface area contributed by atoms with Gasteiger partial charge in [-0.2, -0.15) is 0 Å². The number of rotatable bonds is 6. The van der Waals surface area contributed by atoms with E-state index < -0.39 is 7.82 Å². The number of phosphoric acid groups is 1. The van der Waals surface area contributed by atoms with Gasteiger partial charge < -0.3 is 11.0 Å². The second-order valence-corrected chi connectivity index (χ2v) is 3.41. The second-order valence-electron chi connectivity index (χ2n) is 2.08. The van der Waals surface area contributed by atoms with E-state index in [-0.39, 0.29) is 12.8 Å². The molecule has 0 rings (SSSR count). The summed E-state index contributed by atoms with van der Waals surface area (Å²) in [7, 11) is -4.38. The summed E-state index contributed by atoms with van der Waals surface area (Å²) in [5, 5.41) is 0. The molecular weight excluding hydrogens is 188 g/mol. The molecular formula is C5H15FNO4P. The zero-order valence-electron chi connectivity index (χ0n) is 7.03. The lowest BCUT2D eigenvalue weighted by Gasteiger charge is -2.04. The normalized spacial score (nSPS) is 14.9. The van der Waals surface area contributed by atoms with Crippen molar-refractivity contribution >= 4 is 7.82 Å². The smallest absolute Gasteiger partial charge is 0.344 e. The monoisotopic (exact) mass is 203 g/mol. The van der Waals surface area contributed by atoms with Crippen molar-refractivity contribution < 1.29 is 23.2 Å². The van der Waals surface area contributed by atoms with Crippen LogP contribution >= 0.6 is 7.82 Å². The Morgan fingerprint density at radius 2 is 2.08 bits per heavy atom. The summed E-state index contributed by atoms with van der Waals surface area (Å²) >= 11 is 0. The molecule has 0 aromatic heterocycles. The first-order valence-electron chi connectivity index (χ1n) is 3.40. The maximum Gasteiger partial charge on any atom is 0.503 e. The van der Waals surface area contributed by atoms with Gasteiger partial charge in [0.25, 0.3) is 0 Å². The van der Waals surface area contributed by atoms with Crippen molar-refractivity contribution in [3.8, 4) is 0 Å². The molecule has 1 atom stereocenters. The predicted octanol–water partition coefficient (Wildman–Crippen LogP) is 2.36. The fraction of sp³-hybridized carbons (Fsp3) is 1.00. The molecule has 0 saturated heterocycles. The average molecular weight is 203 g/mol. The Balaban J connectivity index is 0. The highest BCUT2D eigenvalue weighted by atomic mass is 31.2. The Bertz CT molecular complexity index is 145. The number of hydrogen-bond donors (Lipinski definition) is 2. The minimum atomic E-state index is -4.38. The number of phosphoric ester groups is 1. The topological polar surface area (TPSA) is 90.8 Å². The van der Waals surface area contributed by atoms with Crippen LogP contribution in [0.25, 0.3) is 0 Å². The van der Waals surface area contributed by atoms with Crippen LogP contribution in [0.3, 0.4) is 0 Å². The summed E-state index contributed by atoms with van der Waals surface area (Å²) < 4.78 is 28.3. The van der Waals surface area contributed by atoms with Crippen LogP contribution in [-0.4, -0.2) is 11.5 Å². The zero-order chi connectivity index (χ0) is 8.74. The molecule has 0 bridgehead atoms. The maximum absolute atomic E-state index is 11.1. The van der Waals surface area contributed by atoms with Crippen molar-refractivity contribution in [1.82, 2.24) is 6.15 Å². The first-order chi connectivity index (χ1) is 5.12. The van der Waals surface area contributed by atoms with Crippen LogP contribution in [0.1, 0.15) is 26.2 Å². The van der Waals surface area contributed by atoms with E-state index in [1.165, 1.54) is 0 Å². The van der Waals surface area contributed by atoms with Crippen molar-refractivity contribution in [2.75, 3.05) is 6.61 Å². The molecule has 0 aromatic rings. The lowest BCUT2D eigenvalue weighted by atomic mass is 10.3. The highest BCUT2D eigenvalue weighted by Gasteiger charge is 2.20. The van der Waals surface area contributed by atoms with Gasteiger partial charge in [-0.15, -0.1) is 0 Å². The van der Waals surface area contributed by atoms with Crippen LogP contribution in [0.4, 0.5) is 4.53 Å². The molecule has 7 heteroatoms. The van der Waals surface area contributed by atoms with Gasteiger partial charge in [0.05, 0.1) is 6.61 Å². The minimum absolute atomic E-state index is 0. The highest BCUT2D eigenvalue weighted by molar-refractivity contribution is 7.47. The van der Waals surface area contributed by atoms with Gasteiger partial charge in [-0.05, 0) is 10.9 Å². The lowest BCUT2D eigenvalue weighted by Crippen LogP contribution is -1.92. The molecule has 0 aromatic carbocycles. The van der Waals surface area contributed by atoms with E-state index in [1.807, 2.05) is 6.92 Å². The Kier molecular flexibility index (Phi) is 9.24. The van der Waals surface area contributed by atoms with Gasteiger partial charge in [0, 0.05) is 0 Å². The van der Waals surface area contributed by atoms with Crippen molar-refractivity contribution in [2.45, 2.75) is 26.2 Å². The predicted molar refractivity (Wildman–Crippen MR) is 42.5 cm³/mol. The molecule has 4 N–H and O–H groups in total. The van der Waals surface area contributed by atoms with Gasteiger partial charge in [0.2, 0.25) is 0 Å². The summed E-state index contributed by atoms with van der Waals surface area (Å²) in [5.41, 5.74) is 0. The summed E-state index contributed by atoms with van der Waals surface area (Å²) in [5.74, 6) is 0. The standard InChI is InChI=1S/C5H12FO4P.H3N/c1-2-3-4-5-9-11(7,8)10-6;/h2-5H2,1H3,(H,7,8);1H3. The van der Waals surface area contributed by atoms with Crippen LogP contribution in [0.5, 0.6) is 0 Å². The quantitative estimate of drug-likeness (QED) is 0.510. The Morgan fingerprint density at radius 3 is 2.50 bits per heavy atom. The van der Waals surface area contributed by atoms with E-state index in [1.54, 1.807) is 0 Å². The van der Waals surface area contributed by atoms with E-state index in [2.05, 4.69) is 9.25 Å². The highest BCUT2D eigenvalue weighted by Crippen LogP contribution is 2.43. The first kappa shape index (κ1) is 14.5. The van der Waals surface area contributed by atoms with Crippen molar-refractivity contribution in [2.24, 2.45) is 0 Å². The van der Waals surface area contributed by atoms with Gasteiger partial charge in [-0.25, -0.2) is 4.57 Å². The average Bonchev–Trinajstić information content (AvgIpc) is 1.99. The molecule has 0 aliphatic rings. The Hall–Kier alpha value is -0.0000000000000000208. The van der Waals surface area contributed by atoms with Crippen LogP contribution in [-0.2, 0) is 13.8 Å². The largest absolute Gasteiger partial charge is 0.503 e. The molecule has 0 aliphatic heterocycles. The molecule has 0 saturated carbocycles. The third-order valence-corrected chi connectivity index (χ3v) is 1.77. The van der Waals surface area contributed by atoms with E-state index >= 15 is 0 Å². The molecule has 12 heavy (non-hydrogen) atoms. The molecule has 0 fully saturated rings. The van der Waals surface area contributed by atoms with Gasteiger partial charge >= 0.3 is 7.82 Å². The van der Waals surface area contributed by atoms with E-state index in [0.717, 1.165) is 12.8 Å². The Labute approximate surface area is 71.0 Å². The molecule has 0 aliphatic carbocycles. The van der Waals surface area contributed by atoms with E-state index in [9.17, 15) is 9.09 Å². The maximum atomic E-state index is 11.1. The fourth-order valence-corrected chi connectivity index (χ4v) is 0.952. The SMILES string of the molecule is CCCCCOP(=O)(O)OF.N. The number of hydrogen-bond acceptors (Lipinski definition) is 4. The summed E-state index contributed by atoms with van der Waals surface area (Å²) in [6.45, 7) is 2.02. The summed E-state index contributed by atoms with van der Waals surface area (Å²) in [6.07, 6.45) is 2.48. The molecule has 0 spiro atoms. The van der Waals surface area contributed by atoms with Crippen molar-refractivity contribution in [1.29, 1.82) is 0 Å². The van der Waals surface area contributed by atoms with Crippen LogP contribution in [0.15, 0.2) is 0 Å². The van der Waals surface area contributed by atoms with Crippen LogP contribution in [0, 0.1) is 0 Å². The van der Waals surface area contributed by atoms with Gasteiger partial charge in [-0.3, -0.25) is 4.52 Å². The molecule has 1 unspecified atom stereocenters. The van der Waals surface area contributed by atoms with E-state index in [4.69, 9.17) is 4.89 Å². The number of halogens is 1. The molecule has 5 nitrogen and oxygen atoms in total. The second kappa shape index (κ2) is 7.64. The molecule has 0 heterocycles. The van der Waals surface area contributed by atoms with Gasteiger partial charge in [0.1, 0.15) is 0 Å². The molecule has 0 radical (unpaired) electrons. The zero-order valence-corrected chi connectivity index (χ0v) is 7.93. The van der Waals surface area contributed by atoms with Crippen LogP contribution in [0.2, 0.25) is 0 Å². The van der Waals surface area contributed by atoms with Crippen LogP contribution < -0.4 is 6.15 Å². The summed E-state index contributed by atoms with van der Waals surface area (Å²) in [4.78, 5) is 8.36. The minimum Gasteiger partial charge on any atom is -0.344 e. The summed E-state index contributed by atoms with van der Waals surface area (Å²) in [6, 6.07) is 0. The van der Waals surface area contributed by atoms with Crippen molar-refractivity contribution in [3.63, 3.8) is 0 Å². The van der Waals surface area contributed by atoms with Gasteiger partial charge in [0.15, 0.2) is 0 Å². The first-order valence-corrected chi connectivity index (χ1v) is 4.89. The third kappa shape index (κ3) is 8.10. The van der Waals surface area contributed by atoms with Gasteiger partial charge in [-0.1, -0.05) is 24.5 Å². The lowest BCUT2D eigenvalue weighted by molar-refractivity contribution is -0.0480. The third-order valence-electron chi connectivity index (χ3n) is 1.09. The molecule has 76 valence electrons. The Morgan fingerprint density at radius 1 is 1.50 bits per heavy atom. The fourth-order valence-electron chi connectivity index (χ4n) is 0.552. The number of unbranched alkanes of at least 4 members (excludes halogenated alkanes) is 2.